The van der Waals surface area contributed by atoms with E-state index in [1.807, 2.05) is 31.2 Å². The van der Waals surface area contributed by atoms with Crippen molar-refractivity contribution in [2.45, 2.75) is 31.6 Å². The zero-order chi connectivity index (χ0) is 14.4. The van der Waals surface area contributed by atoms with E-state index in [1.165, 1.54) is 0 Å². The maximum absolute atomic E-state index is 11.2. The summed E-state index contributed by atoms with van der Waals surface area (Å²) < 4.78 is 11.2. The normalized spacial score (nSPS) is 15.7. The average Bonchev–Trinajstić information content (AvgIpc) is 2.38. The van der Waals surface area contributed by atoms with Crippen LogP contribution in [0.4, 0.5) is 0 Å². The van der Waals surface area contributed by atoms with E-state index in [0.29, 0.717) is 13.1 Å². The predicted molar refractivity (Wildman–Crippen MR) is 77.7 cm³/mol. The highest BCUT2D eigenvalue weighted by molar-refractivity contribution is 7.84. The van der Waals surface area contributed by atoms with Crippen LogP contribution in [0.3, 0.4) is 0 Å². The van der Waals surface area contributed by atoms with Crippen molar-refractivity contribution in [1.82, 2.24) is 5.32 Å². The molecule has 19 heavy (non-hydrogen) atoms. The number of rotatable bonds is 7. The maximum atomic E-state index is 11.2. The number of carboxylic acids is 1. The van der Waals surface area contributed by atoms with Gasteiger partial charge in [-0.25, -0.2) is 0 Å². The zero-order valence-electron chi connectivity index (χ0n) is 11.6. The molecule has 106 valence electrons. The van der Waals surface area contributed by atoms with Crippen LogP contribution >= 0.6 is 0 Å². The van der Waals surface area contributed by atoms with Crippen molar-refractivity contribution in [2.75, 3.05) is 12.8 Å². The summed E-state index contributed by atoms with van der Waals surface area (Å²) in [6.07, 6.45) is 1.70. The van der Waals surface area contributed by atoms with Gasteiger partial charge in [0.1, 0.15) is 0 Å². The molecule has 0 radical (unpaired) electrons. The van der Waals surface area contributed by atoms with E-state index in [2.05, 4.69) is 5.32 Å². The molecule has 0 amide bonds. The lowest BCUT2D eigenvalue weighted by molar-refractivity contribution is -0.138. The van der Waals surface area contributed by atoms with Crippen LogP contribution in [0.1, 0.15) is 30.9 Å². The highest BCUT2D eigenvalue weighted by Gasteiger charge is 2.12. The number of benzene rings is 1. The van der Waals surface area contributed by atoms with Gasteiger partial charge in [-0.3, -0.25) is 9.00 Å². The number of nitrogens with one attached hydrogen (secondary N) is 1. The third-order valence-electron chi connectivity index (χ3n) is 3.18. The van der Waals surface area contributed by atoms with Crippen molar-refractivity contribution in [3.8, 4) is 0 Å². The highest BCUT2D eigenvalue weighted by atomic mass is 32.2. The van der Waals surface area contributed by atoms with Gasteiger partial charge < -0.3 is 10.4 Å². The molecule has 0 bridgehead atoms. The molecule has 4 nitrogen and oxygen atoms in total. The first-order valence-electron chi connectivity index (χ1n) is 6.26. The van der Waals surface area contributed by atoms with Crippen molar-refractivity contribution in [3.05, 3.63) is 35.4 Å². The van der Waals surface area contributed by atoms with Crippen molar-refractivity contribution in [2.24, 2.45) is 0 Å². The Morgan fingerprint density at radius 2 is 1.89 bits per heavy atom. The zero-order valence-corrected chi connectivity index (χ0v) is 12.4. The molecule has 3 unspecified atom stereocenters. The van der Waals surface area contributed by atoms with Gasteiger partial charge in [-0.05, 0) is 25.0 Å². The predicted octanol–water partition coefficient (Wildman–Crippen LogP) is 1.73. The van der Waals surface area contributed by atoms with Crippen LogP contribution < -0.4 is 5.32 Å². The molecular formula is C14H21NO3S. The molecule has 0 fully saturated rings. The third kappa shape index (κ3) is 5.12. The van der Waals surface area contributed by atoms with Gasteiger partial charge in [-0.15, -0.1) is 0 Å². The van der Waals surface area contributed by atoms with Crippen LogP contribution in [0, 0.1) is 0 Å². The van der Waals surface area contributed by atoms with Crippen LogP contribution in [0.15, 0.2) is 24.3 Å². The third-order valence-corrected chi connectivity index (χ3v) is 4.48. The second kappa shape index (κ2) is 7.40. The largest absolute Gasteiger partial charge is 0.481 e. The van der Waals surface area contributed by atoms with Crippen LogP contribution in [0.2, 0.25) is 0 Å². The van der Waals surface area contributed by atoms with Gasteiger partial charge in [0.25, 0.3) is 0 Å². The first kappa shape index (κ1) is 15.9. The van der Waals surface area contributed by atoms with E-state index in [-0.39, 0.29) is 5.25 Å². The first-order valence-corrected chi connectivity index (χ1v) is 7.88. The summed E-state index contributed by atoms with van der Waals surface area (Å²) in [7, 11) is -0.811. The smallest absolute Gasteiger partial charge is 0.310 e. The number of carbonyl (C=O) groups is 1. The Kier molecular flexibility index (Phi) is 6.18. The molecule has 1 aromatic rings. The Bertz CT molecular complexity index is 445. The molecule has 0 heterocycles. The molecule has 1 rings (SSSR count). The number of carboxylic acid groups (broad SMARTS) is 1. The summed E-state index contributed by atoms with van der Waals surface area (Å²) in [6, 6.07) is 7.54. The minimum absolute atomic E-state index is 0.131. The van der Waals surface area contributed by atoms with Crippen molar-refractivity contribution < 1.29 is 14.1 Å². The number of hydrogen-bond acceptors (Lipinski definition) is 3. The summed E-state index contributed by atoms with van der Waals surface area (Å²) >= 11 is 0. The monoisotopic (exact) mass is 283 g/mol. The van der Waals surface area contributed by atoms with Gasteiger partial charge in [-0.2, -0.15) is 0 Å². The second-order valence-corrected chi connectivity index (χ2v) is 6.54. The standard InChI is InChI=1S/C14H21NO3S/c1-10(19(3)18)8-15-9-12-4-6-13(7-5-12)11(2)14(16)17/h4-7,10-11,15H,8-9H2,1-3H3,(H,16,17). The SMILES string of the molecule is CC(C(=O)O)c1ccc(CNCC(C)S(C)=O)cc1. The first-order chi connectivity index (χ1) is 8.91. The number of hydrogen-bond donors (Lipinski definition) is 2. The lowest BCUT2D eigenvalue weighted by Gasteiger charge is -2.11. The molecule has 0 saturated heterocycles. The Hall–Kier alpha value is -1.20. The Morgan fingerprint density at radius 3 is 2.37 bits per heavy atom. The molecule has 0 aromatic heterocycles. The van der Waals surface area contributed by atoms with Crippen LogP contribution in [0.25, 0.3) is 0 Å². The number of aliphatic carboxylic acids is 1. The van der Waals surface area contributed by atoms with Crippen molar-refractivity contribution >= 4 is 16.8 Å². The van der Waals surface area contributed by atoms with Gasteiger partial charge in [-0.1, -0.05) is 24.3 Å². The second-order valence-electron chi connectivity index (χ2n) is 4.74. The fraction of sp³-hybridized carbons (Fsp3) is 0.500. The summed E-state index contributed by atoms with van der Waals surface area (Å²) in [6.45, 7) is 5.02. The maximum Gasteiger partial charge on any atom is 0.310 e. The van der Waals surface area contributed by atoms with Crippen LogP contribution in [-0.2, 0) is 22.1 Å². The van der Waals surface area contributed by atoms with E-state index < -0.39 is 22.7 Å². The molecule has 2 N–H and O–H groups in total. The Balaban J connectivity index is 2.49. The minimum Gasteiger partial charge on any atom is -0.481 e. The molecule has 3 atom stereocenters. The molecule has 0 saturated carbocycles. The molecule has 0 aliphatic heterocycles. The molecule has 1 aromatic carbocycles. The van der Waals surface area contributed by atoms with E-state index >= 15 is 0 Å². The fourth-order valence-corrected chi connectivity index (χ4v) is 1.96. The van der Waals surface area contributed by atoms with E-state index in [1.54, 1.807) is 13.2 Å². The Labute approximate surface area is 116 Å². The van der Waals surface area contributed by atoms with E-state index in [4.69, 9.17) is 5.11 Å². The molecule has 0 aliphatic rings. The summed E-state index contributed by atoms with van der Waals surface area (Å²) in [4.78, 5) is 10.9. The summed E-state index contributed by atoms with van der Waals surface area (Å²) in [5.74, 6) is -1.30. The molecular weight excluding hydrogens is 262 g/mol. The lowest BCUT2D eigenvalue weighted by Crippen LogP contribution is -2.27. The molecule has 0 aliphatic carbocycles. The lowest BCUT2D eigenvalue weighted by atomic mass is 10.0. The van der Waals surface area contributed by atoms with Gasteiger partial charge in [0.2, 0.25) is 0 Å². The van der Waals surface area contributed by atoms with Gasteiger partial charge >= 0.3 is 5.97 Å². The van der Waals surface area contributed by atoms with Gasteiger partial charge in [0.15, 0.2) is 0 Å². The topological polar surface area (TPSA) is 66.4 Å². The van der Waals surface area contributed by atoms with Crippen molar-refractivity contribution in [3.63, 3.8) is 0 Å². The van der Waals surface area contributed by atoms with E-state index in [0.717, 1.165) is 11.1 Å². The van der Waals surface area contributed by atoms with Gasteiger partial charge in [0.05, 0.1) is 5.92 Å². The molecule has 0 spiro atoms. The summed E-state index contributed by atoms with van der Waals surface area (Å²) in [5, 5.41) is 12.3. The quantitative estimate of drug-likeness (QED) is 0.800. The average molecular weight is 283 g/mol. The van der Waals surface area contributed by atoms with E-state index in [9.17, 15) is 9.00 Å². The Morgan fingerprint density at radius 1 is 1.32 bits per heavy atom. The van der Waals surface area contributed by atoms with Crippen LogP contribution in [-0.4, -0.2) is 33.3 Å². The van der Waals surface area contributed by atoms with Crippen molar-refractivity contribution in [1.29, 1.82) is 0 Å². The van der Waals surface area contributed by atoms with Crippen LogP contribution in [0.5, 0.6) is 0 Å². The molecule has 5 heteroatoms. The van der Waals surface area contributed by atoms with Gasteiger partial charge in [0, 0.05) is 35.4 Å². The fourth-order valence-electron chi connectivity index (χ4n) is 1.60. The minimum atomic E-state index is -0.815. The highest BCUT2D eigenvalue weighted by Crippen LogP contribution is 2.15. The summed E-state index contributed by atoms with van der Waals surface area (Å²) in [5.41, 5.74) is 1.90.